The largest absolute Gasteiger partial charge is 0.508 e. The number of aryl methyl sites for hydroxylation is 1. The van der Waals surface area contributed by atoms with Crippen LogP contribution in [0.1, 0.15) is 72.4 Å². The summed E-state index contributed by atoms with van der Waals surface area (Å²) in [5, 5.41) is 40.6. The van der Waals surface area contributed by atoms with Gasteiger partial charge in [-0.25, -0.2) is 4.79 Å². The molecule has 0 aliphatic rings. The van der Waals surface area contributed by atoms with Crippen LogP contribution in [0.4, 0.5) is 13.2 Å². The van der Waals surface area contributed by atoms with E-state index in [9.17, 15) is 33.3 Å². The van der Waals surface area contributed by atoms with Crippen LogP contribution in [0.25, 0.3) is 6.08 Å². The van der Waals surface area contributed by atoms with E-state index in [4.69, 9.17) is 9.84 Å². The highest BCUT2D eigenvalue weighted by Gasteiger charge is 2.32. The Labute approximate surface area is 263 Å². The molecule has 0 aliphatic heterocycles. The van der Waals surface area contributed by atoms with Crippen molar-refractivity contribution in [3.8, 4) is 5.75 Å². The van der Waals surface area contributed by atoms with Crippen molar-refractivity contribution in [1.82, 2.24) is 5.32 Å². The summed E-state index contributed by atoms with van der Waals surface area (Å²) in [7, 11) is 0. The molecule has 0 amide bonds. The topological polar surface area (TPSA) is 119 Å². The van der Waals surface area contributed by atoms with Crippen molar-refractivity contribution in [2.75, 3.05) is 26.3 Å². The van der Waals surface area contributed by atoms with Crippen molar-refractivity contribution in [3.63, 3.8) is 0 Å². The molecule has 0 bridgehead atoms. The molecule has 0 heterocycles. The number of carboxylic acid groups (broad SMARTS) is 1. The highest BCUT2D eigenvalue weighted by Crippen LogP contribution is 2.32. The quantitative estimate of drug-likeness (QED) is 0.0765. The van der Waals surface area contributed by atoms with Crippen molar-refractivity contribution < 1.29 is 43.1 Å². The van der Waals surface area contributed by atoms with E-state index in [1.165, 1.54) is 36.2 Å². The highest BCUT2D eigenvalue weighted by molar-refractivity contribution is 5.85. The van der Waals surface area contributed by atoms with Gasteiger partial charge in [-0.15, -0.1) is 0 Å². The van der Waals surface area contributed by atoms with E-state index >= 15 is 0 Å². The molecule has 10 heteroatoms. The molecular weight excluding hydrogens is 587 g/mol. The van der Waals surface area contributed by atoms with Crippen LogP contribution in [0.2, 0.25) is 0 Å². The van der Waals surface area contributed by atoms with Gasteiger partial charge in [0, 0.05) is 31.4 Å². The highest BCUT2D eigenvalue weighted by atomic mass is 19.4. The summed E-state index contributed by atoms with van der Waals surface area (Å²) in [6, 6.07) is 20.2. The molecule has 3 rings (SSSR count). The molecule has 3 aromatic carbocycles. The first-order valence-electron chi connectivity index (χ1n) is 15.1. The number of hydrogen-bond acceptors (Lipinski definition) is 6. The van der Waals surface area contributed by atoms with E-state index in [0.717, 1.165) is 70.4 Å². The fourth-order valence-electron chi connectivity index (χ4n) is 4.45. The standard InChI is InChI=1S/C25H37NO4.C10H7F3O2/c27-20-23-18-22(13-14-24(23)28)25(29)19-26-15-7-1-2-8-16-30-17-9-6-12-21-10-4-3-5-11-21;11-10(12,13)8-4-2-1-3-7(8)5-6-9(14)15/h3-5,10-11,13-14,18,25-29H,1-2,6-9,12,15-17,19-20H2;1-6H,(H,14,15)/b;6-5+. The van der Waals surface area contributed by atoms with Crippen molar-refractivity contribution >= 4 is 12.0 Å². The Kier molecular flexibility index (Phi) is 17.6. The smallest absolute Gasteiger partial charge is 0.416 e. The number of benzene rings is 3. The Hall–Kier alpha value is -3.70. The van der Waals surface area contributed by atoms with Gasteiger partial charge >= 0.3 is 12.1 Å². The second-order valence-electron chi connectivity index (χ2n) is 10.5. The minimum atomic E-state index is -4.47. The van der Waals surface area contributed by atoms with Gasteiger partial charge in [0.2, 0.25) is 0 Å². The van der Waals surface area contributed by atoms with E-state index in [1.54, 1.807) is 12.1 Å². The normalized spacial score (nSPS) is 12.1. The molecule has 5 N–H and O–H groups in total. The molecule has 0 radical (unpaired) electrons. The summed E-state index contributed by atoms with van der Waals surface area (Å²) < 4.78 is 42.9. The van der Waals surface area contributed by atoms with Gasteiger partial charge < -0.3 is 30.5 Å². The Balaban J connectivity index is 0.000000394. The van der Waals surface area contributed by atoms with Crippen LogP contribution in [-0.2, 0) is 28.7 Å². The third-order valence-corrected chi connectivity index (χ3v) is 6.91. The number of nitrogens with one attached hydrogen (secondary N) is 1. The third-order valence-electron chi connectivity index (χ3n) is 6.91. The van der Waals surface area contributed by atoms with Crippen molar-refractivity contribution in [3.05, 3.63) is 107 Å². The Morgan fingerprint density at radius 1 is 0.889 bits per heavy atom. The summed E-state index contributed by atoms with van der Waals surface area (Å²) in [4.78, 5) is 10.2. The number of hydrogen-bond donors (Lipinski definition) is 5. The zero-order valence-corrected chi connectivity index (χ0v) is 25.4. The molecule has 0 spiro atoms. The summed E-state index contributed by atoms with van der Waals surface area (Å²) in [6.07, 6.45) is 4.36. The van der Waals surface area contributed by atoms with Gasteiger partial charge in [0.05, 0.1) is 18.3 Å². The van der Waals surface area contributed by atoms with Crippen LogP contribution in [-0.4, -0.2) is 52.7 Å². The maximum Gasteiger partial charge on any atom is 0.416 e. The summed E-state index contributed by atoms with van der Waals surface area (Å²) in [5.74, 6) is -1.23. The summed E-state index contributed by atoms with van der Waals surface area (Å²) in [5.41, 5.74) is 1.53. The van der Waals surface area contributed by atoms with E-state index in [0.29, 0.717) is 23.7 Å². The molecule has 0 fully saturated rings. The van der Waals surface area contributed by atoms with Gasteiger partial charge in [-0.2, -0.15) is 13.2 Å². The van der Waals surface area contributed by atoms with E-state index in [1.807, 2.05) is 0 Å². The molecular formula is C35H44F3NO6. The van der Waals surface area contributed by atoms with Gasteiger partial charge in [0.15, 0.2) is 0 Å². The first-order chi connectivity index (χ1) is 21.6. The number of carboxylic acids is 1. The Morgan fingerprint density at radius 3 is 2.24 bits per heavy atom. The lowest BCUT2D eigenvalue weighted by atomic mass is 10.1. The molecule has 45 heavy (non-hydrogen) atoms. The third kappa shape index (κ3) is 15.7. The van der Waals surface area contributed by atoms with Gasteiger partial charge in [0.1, 0.15) is 5.75 Å². The molecule has 0 saturated carbocycles. The van der Waals surface area contributed by atoms with Gasteiger partial charge in [0.25, 0.3) is 0 Å². The predicted octanol–water partition coefficient (Wildman–Crippen LogP) is 6.91. The van der Waals surface area contributed by atoms with Gasteiger partial charge in [-0.05, 0) is 79.6 Å². The fraction of sp³-hybridized carbons (Fsp3) is 0.400. The number of rotatable bonds is 18. The molecule has 1 unspecified atom stereocenters. The minimum absolute atomic E-state index is 0.0533. The number of aliphatic carboxylic acids is 1. The number of aromatic hydroxyl groups is 1. The minimum Gasteiger partial charge on any atom is -0.508 e. The molecule has 1 atom stereocenters. The second kappa shape index (κ2) is 21.1. The number of halogens is 3. The van der Waals surface area contributed by atoms with Crippen LogP contribution >= 0.6 is 0 Å². The van der Waals surface area contributed by atoms with E-state index in [-0.39, 0.29) is 17.9 Å². The number of alkyl halides is 3. The number of carbonyl (C=O) groups is 1. The van der Waals surface area contributed by atoms with Crippen molar-refractivity contribution in [2.45, 2.75) is 63.8 Å². The molecule has 3 aromatic rings. The van der Waals surface area contributed by atoms with Gasteiger partial charge in [-0.3, -0.25) is 0 Å². The number of phenols is 1. The van der Waals surface area contributed by atoms with Crippen LogP contribution in [0.5, 0.6) is 5.75 Å². The lowest BCUT2D eigenvalue weighted by Crippen LogP contribution is -2.22. The first-order valence-corrected chi connectivity index (χ1v) is 15.1. The molecule has 7 nitrogen and oxygen atoms in total. The SMILES string of the molecule is O=C(O)/C=C/c1ccccc1C(F)(F)F.OCc1cc(C(O)CNCCCCCCOCCCCc2ccccc2)ccc1O. The van der Waals surface area contributed by atoms with E-state index < -0.39 is 23.8 Å². The lowest BCUT2D eigenvalue weighted by Gasteiger charge is -2.14. The first kappa shape index (κ1) is 37.5. The Bertz CT molecular complexity index is 1280. The number of unbranched alkanes of at least 4 members (excludes halogenated alkanes) is 4. The maximum absolute atomic E-state index is 12.4. The van der Waals surface area contributed by atoms with Gasteiger partial charge in [-0.1, -0.05) is 67.4 Å². The zero-order chi connectivity index (χ0) is 32.9. The zero-order valence-electron chi connectivity index (χ0n) is 25.4. The van der Waals surface area contributed by atoms with Crippen LogP contribution in [0, 0.1) is 0 Å². The average molecular weight is 632 g/mol. The summed E-state index contributed by atoms with van der Waals surface area (Å²) >= 11 is 0. The van der Waals surface area contributed by atoms with Crippen LogP contribution < -0.4 is 5.32 Å². The maximum atomic E-state index is 12.4. The monoisotopic (exact) mass is 631 g/mol. The molecule has 246 valence electrons. The summed E-state index contributed by atoms with van der Waals surface area (Å²) in [6.45, 7) is 2.77. The Morgan fingerprint density at radius 2 is 1.56 bits per heavy atom. The number of ether oxygens (including phenoxy) is 1. The number of aliphatic hydroxyl groups is 2. The molecule has 0 aromatic heterocycles. The van der Waals surface area contributed by atoms with Crippen LogP contribution in [0.3, 0.4) is 0 Å². The predicted molar refractivity (Wildman–Crippen MR) is 169 cm³/mol. The van der Waals surface area contributed by atoms with Crippen molar-refractivity contribution in [2.24, 2.45) is 0 Å². The lowest BCUT2D eigenvalue weighted by molar-refractivity contribution is -0.138. The van der Waals surface area contributed by atoms with E-state index in [2.05, 4.69) is 35.6 Å². The second-order valence-corrected chi connectivity index (χ2v) is 10.5. The molecule has 0 aliphatic carbocycles. The molecule has 0 saturated heterocycles. The fourth-order valence-corrected chi connectivity index (χ4v) is 4.45. The van der Waals surface area contributed by atoms with Crippen molar-refractivity contribution in [1.29, 1.82) is 0 Å². The number of aliphatic hydroxyl groups excluding tert-OH is 2. The van der Waals surface area contributed by atoms with Crippen LogP contribution in [0.15, 0.2) is 78.9 Å². The average Bonchev–Trinajstić information content (AvgIpc) is 3.03.